The number of hydrogen-bond donors (Lipinski definition) is 0. The van der Waals surface area contributed by atoms with Crippen molar-refractivity contribution in [2.75, 3.05) is 0 Å². The third-order valence-electron chi connectivity index (χ3n) is 29.5. The molecule has 0 fully saturated rings. The molecule has 0 N–H and O–H groups in total. The van der Waals surface area contributed by atoms with Gasteiger partial charge in [-0.3, -0.25) is 0 Å². The topological polar surface area (TPSA) is 92.1 Å². The van der Waals surface area contributed by atoms with Crippen molar-refractivity contribution in [3.05, 3.63) is 540 Å². The molecule has 24 aromatic carbocycles. The van der Waals surface area contributed by atoms with Crippen LogP contribution in [0.4, 0.5) is 0 Å². The van der Waals surface area contributed by atoms with Gasteiger partial charge in [0, 0.05) is 99.5 Å². The molecule has 0 amide bonds. The molecule has 9 heteroatoms. The van der Waals surface area contributed by atoms with Crippen molar-refractivity contribution in [3.63, 3.8) is 0 Å². The molecule has 0 radical (unpaired) electrons. The van der Waals surface area contributed by atoms with Crippen molar-refractivity contribution in [1.82, 2.24) is 43.6 Å². The summed E-state index contributed by atoms with van der Waals surface area (Å²) in [6.07, 6.45) is 0. The highest BCUT2D eigenvalue weighted by Crippen LogP contribution is 2.47. The van der Waals surface area contributed by atoms with Gasteiger partial charge in [-0.1, -0.05) is 437 Å². The lowest BCUT2D eigenvalue weighted by atomic mass is 10.00. The SMILES string of the molecule is c1ccc(-c2cc(-c3cccc(-n4c5ccc6ccccc6c5c5c6ccccc6ccc54)c3)nc(-c3ccc4ccccc4c3)n2)cc1.c1ccc(-c2ccc(-c3cc(-c4ccc(-n5c6ccc7ccccc7c6c6c7ccccc7ccc65)cc4)nc(-c4ccccc4)n3)cc2)cc1.c1ccc(-c2nc(-c3ccc(-n4c5ccc6ccccc6c5c5c6ccccc6ccc54)cc3)cc(-c3ccc4ccccc4c3)n2)cc1. The Kier molecular flexibility index (Phi) is 21.4. The van der Waals surface area contributed by atoms with E-state index in [1.165, 1.54) is 163 Å². The van der Waals surface area contributed by atoms with Gasteiger partial charge in [-0.05, 0) is 200 Å². The van der Waals surface area contributed by atoms with E-state index >= 15 is 0 Å². The Morgan fingerprint density at radius 2 is 0.322 bits per heavy atom. The Morgan fingerprint density at radius 3 is 0.658 bits per heavy atom. The Hall–Kier alpha value is -20.0. The fraction of sp³-hybridized carbons (Fsp3) is 0. The predicted molar refractivity (Wildman–Crippen MR) is 624 cm³/mol. The van der Waals surface area contributed by atoms with Crippen LogP contribution in [0.25, 0.3) is 281 Å². The molecule has 30 aromatic rings. The first-order valence-electron chi connectivity index (χ1n) is 50.7. The van der Waals surface area contributed by atoms with Crippen LogP contribution in [0.2, 0.25) is 0 Å². The molecule has 0 saturated heterocycles. The van der Waals surface area contributed by atoms with Gasteiger partial charge in [0.1, 0.15) is 0 Å². The van der Waals surface area contributed by atoms with E-state index in [9.17, 15) is 0 Å². The van der Waals surface area contributed by atoms with Crippen LogP contribution in [0, 0.1) is 0 Å². The summed E-state index contributed by atoms with van der Waals surface area (Å²) in [7, 11) is 0. The van der Waals surface area contributed by atoms with Crippen molar-refractivity contribution in [2.24, 2.45) is 0 Å². The van der Waals surface area contributed by atoms with Crippen molar-refractivity contribution < 1.29 is 0 Å². The number of hydrogen-bond acceptors (Lipinski definition) is 6. The third kappa shape index (κ3) is 15.7. The maximum absolute atomic E-state index is 5.21. The van der Waals surface area contributed by atoms with Crippen molar-refractivity contribution in [3.8, 4) is 130 Å². The van der Waals surface area contributed by atoms with Gasteiger partial charge < -0.3 is 13.7 Å². The van der Waals surface area contributed by atoms with E-state index in [4.69, 9.17) is 29.9 Å². The standard InChI is InChI=1S/C48H31N3.2C46H29N3/c1-3-11-32(12-4-1)33-19-21-36(22-20-33)42-31-43(50-48(49-42)38-15-5-2-6-16-38)37-23-27-39(28-24-37)51-44-29-25-34-13-7-9-17-40(34)46(44)47-41-18-10-8-14-35(41)26-30-45(47)51;1-2-14-33(15-3-1)40-29-41(48-46(47-40)36-22-21-30-11-4-5-16-34(30)27-36)35-17-10-18-37(28-35)49-42-25-23-31-12-6-8-19-38(31)44(42)45-39-20-9-7-13-32(39)24-26-43(45)49;1-2-13-34(14-3-1)46-47-40(29-41(48-46)36-19-18-30-10-4-5-15-35(30)28-36)33-20-24-37(25-21-33)49-42-26-22-31-11-6-8-16-38(31)44(42)45-39-17-9-7-12-32(39)23-27-43(45)49/h1-31H;2*1-29H. The normalized spacial score (nSPS) is 11.6. The first-order valence-corrected chi connectivity index (χ1v) is 50.7. The van der Waals surface area contributed by atoms with Gasteiger partial charge in [-0.15, -0.1) is 0 Å². The lowest BCUT2D eigenvalue weighted by Crippen LogP contribution is -1.98. The number of nitrogens with zero attached hydrogens (tertiary/aromatic N) is 9. The summed E-state index contributed by atoms with van der Waals surface area (Å²) in [5, 5.41) is 27.6. The van der Waals surface area contributed by atoms with Crippen LogP contribution in [0.1, 0.15) is 0 Å². The molecule has 6 heterocycles. The van der Waals surface area contributed by atoms with Gasteiger partial charge in [0.15, 0.2) is 17.5 Å². The number of fused-ring (bicyclic) bond motifs is 23. The van der Waals surface area contributed by atoms with Crippen molar-refractivity contribution in [1.29, 1.82) is 0 Å². The molecule has 0 spiro atoms. The summed E-state index contributed by atoms with van der Waals surface area (Å²) < 4.78 is 7.22. The smallest absolute Gasteiger partial charge is 0.160 e. The molecule has 6 aromatic heterocycles. The van der Waals surface area contributed by atoms with Gasteiger partial charge in [0.05, 0.1) is 67.3 Å². The quantitative estimate of drug-likeness (QED) is 0.114. The fourth-order valence-corrected chi connectivity index (χ4v) is 22.4. The van der Waals surface area contributed by atoms with Gasteiger partial charge in [-0.2, -0.15) is 0 Å². The maximum atomic E-state index is 5.21. The first kappa shape index (κ1) is 86.8. The van der Waals surface area contributed by atoms with Crippen molar-refractivity contribution in [2.45, 2.75) is 0 Å². The van der Waals surface area contributed by atoms with E-state index in [-0.39, 0.29) is 0 Å². The van der Waals surface area contributed by atoms with Gasteiger partial charge in [0.2, 0.25) is 0 Å². The van der Waals surface area contributed by atoms with E-state index < -0.39 is 0 Å². The zero-order valence-electron chi connectivity index (χ0n) is 80.9. The Morgan fingerprint density at radius 1 is 0.114 bits per heavy atom. The average Bonchev–Trinajstić information content (AvgIpc) is 1.57. The molecule has 9 nitrogen and oxygen atoms in total. The number of aromatic nitrogens is 9. The molecule has 0 bridgehead atoms. The van der Waals surface area contributed by atoms with E-state index in [1.54, 1.807) is 0 Å². The summed E-state index contributed by atoms with van der Waals surface area (Å²) in [5.74, 6) is 2.13. The van der Waals surface area contributed by atoms with Crippen LogP contribution in [-0.4, -0.2) is 43.6 Å². The molecule has 0 unspecified atom stereocenters. The summed E-state index contributed by atoms with van der Waals surface area (Å²) >= 11 is 0. The third-order valence-corrected chi connectivity index (χ3v) is 29.5. The van der Waals surface area contributed by atoms with Crippen LogP contribution in [0.5, 0.6) is 0 Å². The lowest BCUT2D eigenvalue weighted by molar-refractivity contribution is 1.17. The van der Waals surface area contributed by atoms with Gasteiger partial charge >= 0.3 is 0 Å². The molecule has 694 valence electrons. The minimum Gasteiger partial charge on any atom is -0.309 e. The van der Waals surface area contributed by atoms with Crippen LogP contribution in [0.3, 0.4) is 0 Å². The van der Waals surface area contributed by atoms with Crippen LogP contribution < -0.4 is 0 Å². The zero-order valence-corrected chi connectivity index (χ0v) is 80.9. The fourth-order valence-electron chi connectivity index (χ4n) is 22.4. The van der Waals surface area contributed by atoms with E-state index in [0.29, 0.717) is 17.5 Å². The molecule has 0 aliphatic rings. The summed E-state index contributed by atoms with van der Waals surface area (Å²) in [5.41, 5.74) is 27.5. The first-order chi connectivity index (χ1) is 73.8. The highest BCUT2D eigenvalue weighted by atomic mass is 15.0. The molecule has 0 saturated carbocycles. The molecular formula is C140H89N9. The van der Waals surface area contributed by atoms with Crippen LogP contribution in [0.15, 0.2) is 540 Å². The van der Waals surface area contributed by atoms with Gasteiger partial charge in [0.25, 0.3) is 0 Å². The highest BCUT2D eigenvalue weighted by Gasteiger charge is 2.25. The monoisotopic (exact) mass is 1900 g/mol. The van der Waals surface area contributed by atoms with E-state index in [1.807, 2.05) is 48.5 Å². The van der Waals surface area contributed by atoms with Crippen molar-refractivity contribution >= 4 is 152 Å². The highest BCUT2D eigenvalue weighted by molar-refractivity contribution is 6.31. The minimum absolute atomic E-state index is 0.709. The lowest BCUT2D eigenvalue weighted by Gasteiger charge is -2.13. The number of rotatable bonds is 13. The molecule has 0 aliphatic carbocycles. The second-order valence-electron chi connectivity index (χ2n) is 38.3. The summed E-state index contributed by atoms with van der Waals surface area (Å²) in [6.45, 7) is 0. The van der Waals surface area contributed by atoms with Crippen LogP contribution in [-0.2, 0) is 0 Å². The molecular weight excluding hydrogens is 1810 g/mol. The average molecular weight is 1900 g/mol. The molecule has 0 aliphatic heterocycles. The number of benzene rings is 24. The van der Waals surface area contributed by atoms with E-state index in [0.717, 1.165) is 101 Å². The second kappa shape index (κ2) is 36.8. The molecule has 149 heavy (non-hydrogen) atoms. The Balaban J connectivity index is 0.000000108. The minimum atomic E-state index is 0.709. The Bertz CT molecular complexity index is 10200. The van der Waals surface area contributed by atoms with E-state index in [2.05, 4.69) is 505 Å². The second-order valence-corrected chi connectivity index (χ2v) is 38.3. The maximum Gasteiger partial charge on any atom is 0.160 e. The largest absolute Gasteiger partial charge is 0.309 e. The van der Waals surface area contributed by atoms with Crippen LogP contribution >= 0.6 is 0 Å². The van der Waals surface area contributed by atoms with Gasteiger partial charge in [-0.25, -0.2) is 29.9 Å². The molecule has 30 rings (SSSR count). The summed E-state index contributed by atoms with van der Waals surface area (Å²) in [6, 6.07) is 192. The predicted octanol–water partition coefficient (Wildman–Crippen LogP) is 36.6. The molecule has 0 atom stereocenters. The Labute approximate surface area is 858 Å². The summed E-state index contributed by atoms with van der Waals surface area (Å²) in [4.78, 5) is 30.7. The zero-order chi connectivity index (χ0) is 98.4.